The fourth-order valence-electron chi connectivity index (χ4n) is 2.28. The largest absolute Gasteiger partial charge is 0.383 e. The molecule has 1 N–H and O–H groups in total. The molecule has 1 aromatic carbocycles. The summed E-state index contributed by atoms with van der Waals surface area (Å²) in [5.74, 6) is -0.175. The number of piperidine rings is 1. The number of anilines is 1. The highest BCUT2D eigenvalue weighted by Gasteiger charge is 2.24. The molecule has 0 radical (unpaired) electrons. The Balaban J connectivity index is 1.89. The lowest BCUT2D eigenvalue weighted by Crippen LogP contribution is -2.42. The standard InChI is InChI=1S/C15H18N2O3/c1-11-9-13(6-5-12(11)10-18)16-7-8-17-14(19)3-2-4-15(17)20/h5-6,9-10,16H,2-4,7-8H2,1H3. The summed E-state index contributed by atoms with van der Waals surface area (Å²) in [4.78, 5) is 35.3. The van der Waals surface area contributed by atoms with Crippen LogP contribution in [0.3, 0.4) is 0 Å². The van der Waals surface area contributed by atoms with Crippen molar-refractivity contribution in [2.75, 3.05) is 18.4 Å². The van der Waals surface area contributed by atoms with E-state index in [4.69, 9.17) is 0 Å². The predicted molar refractivity (Wildman–Crippen MR) is 75.6 cm³/mol. The van der Waals surface area contributed by atoms with E-state index < -0.39 is 0 Å². The maximum absolute atomic E-state index is 11.6. The van der Waals surface area contributed by atoms with Crippen LogP contribution >= 0.6 is 0 Å². The molecule has 1 aliphatic heterocycles. The van der Waals surface area contributed by atoms with Crippen molar-refractivity contribution in [3.05, 3.63) is 29.3 Å². The lowest BCUT2D eigenvalue weighted by molar-refractivity contribution is -0.147. The van der Waals surface area contributed by atoms with Crippen LogP contribution in [0.4, 0.5) is 5.69 Å². The highest BCUT2D eigenvalue weighted by Crippen LogP contribution is 2.14. The molecule has 1 heterocycles. The Morgan fingerprint density at radius 2 is 1.95 bits per heavy atom. The molecule has 20 heavy (non-hydrogen) atoms. The Hall–Kier alpha value is -2.17. The number of nitrogens with one attached hydrogen (secondary N) is 1. The van der Waals surface area contributed by atoms with Crippen LogP contribution in [-0.2, 0) is 9.59 Å². The number of carbonyl (C=O) groups excluding carboxylic acids is 3. The molecule has 5 nitrogen and oxygen atoms in total. The van der Waals surface area contributed by atoms with E-state index in [1.165, 1.54) is 4.90 Å². The normalized spacial score (nSPS) is 15.3. The van der Waals surface area contributed by atoms with Crippen molar-refractivity contribution in [3.8, 4) is 0 Å². The smallest absolute Gasteiger partial charge is 0.229 e. The third-order valence-corrected chi connectivity index (χ3v) is 3.44. The summed E-state index contributed by atoms with van der Waals surface area (Å²) in [7, 11) is 0. The molecule has 0 aliphatic carbocycles. The number of rotatable bonds is 5. The maximum Gasteiger partial charge on any atom is 0.229 e. The Morgan fingerprint density at radius 1 is 1.25 bits per heavy atom. The second-order valence-corrected chi connectivity index (χ2v) is 4.91. The number of aryl methyl sites for hydroxylation is 1. The van der Waals surface area contributed by atoms with Crippen LogP contribution in [0.25, 0.3) is 0 Å². The summed E-state index contributed by atoms with van der Waals surface area (Å²) >= 11 is 0. The predicted octanol–water partition coefficient (Wildman–Crippen LogP) is 1.76. The topological polar surface area (TPSA) is 66.5 Å². The third-order valence-electron chi connectivity index (χ3n) is 3.44. The van der Waals surface area contributed by atoms with Gasteiger partial charge in [-0.05, 0) is 37.1 Å². The quantitative estimate of drug-likeness (QED) is 0.656. The minimum absolute atomic E-state index is 0.0875. The number of carbonyl (C=O) groups is 3. The highest BCUT2D eigenvalue weighted by atomic mass is 16.2. The molecular formula is C15H18N2O3. The Bertz CT molecular complexity index is 524. The van der Waals surface area contributed by atoms with E-state index in [1.807, 2.05) is 19.1 Å². The van der Waals surface area contributed by atoms with E-state index in [0.29, 0.717) is 37.9 Å². The molecule has 0 spiro atoms. The van der Waals surface area contributed by atoms with Crippen LogP contribution in [0, 0.1) is 6.92 Å². The summed E-state index contributed by atoms with van der Waals surface area (Å²) < 4.78 is 0. The molecule has 0 unspecified atom stereocenters. The first-order valence-corrected chi connectivity index (χ1v) is 6.74. The lowest BCUT2D eigenvalue weighted by Gasteiger charge is -2.25. The van der Waals surface area contributed by atoms with Crippen LogP contribution < -0.4 is 5.32 Å². The van der Waals surface area contributed by atoms with Crippen LogP contribution in [-0.4, -0.2) is 36.1 Å². The first kappa shape index (κ1) is 14.2. The van der Waals surface area contributed by atoms with E-state index in [-0.39, 0.29) is 11.8 Å². The van der Waals surface area contributed by atoms with E-state index in [2.05, 4.69) is 5.32 Å². The Labute approximate surface area is 118 Å². The van der Waals surface area contributed by atoms with Crippen LogP contribution in [0.15, 0.2) is 18.2 Å². The molecule has 1 aliphatic rings. The number of imide groups is 1. The van der Waals surface area contributed by atoms with Gasteiger partial charge in [0.2, 0.25) is 11.8 Å². The zero-order chi connectivity index (χ0) is 14.5. The second-order valence-electron chi connectivity index (χ2n) is 4.91. The van der Waals surface area contributed by atoms with Crippen molar-refractivity contribution >= 4 is 23.8 Å². The third kappa shape index (κ3) is 3.23. The van der Waals surface area contributed by atoms with Gasteiger partial charge in [-0.25, -0.2) is 0 Å². The van der Waals surface area contributed by atoms with Gasteiger partial charge in [-0.1, -0.05) is 0 Å². The summed E-state index contributed by atoms with van der Waals surface area (Å²) in [5.41, 5.74) is 2.44. The number of aldehydes is 1. The van der Waals surface area contributed by atoms with Crippen LogP contribution in [0.5, 0.6) is 0 Å². The molecule has 106 valence electrons. The summed E-state index contributed by atoms with van der Waals surface area (Å²) in [6.07, 6.45) is 2.40. The average Bonchev–Trinajstić information content (AvgIpc) is 2.42. The van der Waals surface area contributed by atoms with Crippen molar-refractivity contribution in [1.29, 1.82) is 0 Å². The minimum atomic E-state index is -0.0875. The van der Waals surface area contributed by atoms with Gasteiger partial charge in [0.25, 0.3) is 0 Å². The summed E-state index contributed by atoms with van der Waals surface area (Å²) in [6.45, 7) is 2.76. The van der Waals surface area contributed by atoms with Gasteiger partial charge in [0.1, 0.15) is 6.29 Å². The highest BCUT2D eigenvalue weighted by molar-refractivity contribution is 5.97. The Kier molecular flexibility index (Phi) is 4.50. The maximum atomic E-state index is 11.6. The molecule has 1 saturated heterocycles. The molecule has 2 rings (SSSR count). The number of amides is 2. The molecule has 2 amide bonds. The molecule has 1 aromatic rings. The van der Waals surface area contributed by atoms with Crippen LogP contribution in [0.1, 0.15) is 35.2 Å². The van der Waals surface area contributed by atoms with E-state index >= 15 is 0 Å². The van der Waals surface area contributed by atoms with Crippen molar-refractivity contribution in [3.63, 3.8) is 0 Å². The summed E-state index contributed by atoms with van der Waals surface area (Å²) in [6, 6.07) is 5.45. The fraction of sp³-hybridized carbons (Fsp3) is 0.400. The van der Waals surface area contributed by atoms with Crippen molar-refractivity contribution < 1.29 is 14.4 Å². The van der Waals surface area contributed by atoms with Gasteiger partial charge in [-0.2, -0.15) is 0 Å². The summed E-state index contributed by atoms with van der Waals surface area (Å²) in [5, 5.41) is 3.16. The van der Waals surface area contributed by atoms with Gasteiger partial charge >= 0.3 is 0 Å². The first-order chi connectivity index (χ1) is 9.61. The van der Waals surface area contributed by atoms with Gasteiger partial charge in [0.15, 0.2) is 0 Å². The van der Waals surface area contributed by atoms with Gasteiger partial charge in [-0.15, -0.1) is 0 Å². The zero-order valence-electron chi connectivity index (χ0n) is 11.5. The molecular weight excluding hydrogens is 256 g/mol. The number of benzene rings is 1. The van der Waals surface area contributed by atoms with Gasteiger partial charge in [-0.3, -0.25) is 19.3 Å². The zero-order valence-corrected chi connectivity index (χ0v) is 11.5. The molecule has 0 bridgehead atoms. The molecule has 5 heteroatoms. The monoisotopic (exact) mass is 274 g/mol. The minimum Gasteiger partial charge on any atom is -0.383 e. The lowest BCUT2D eigenvalue weighted by atomic mass is 10.1. The average molecular weight is 274 g/mol. The van der Waals surface area contributed by atoms with E-state index in [0.717, 1.165) is 17.5 Å². The number of likely N-dealkylation sites (tertiary alicyclic amines) is 1. The van der Waals surface area contributed by atoms with Crippen LogP contribution in [0.2, 0.25) is 0 Å². The SMILES string of the molecule is Cc1cc(NCCN2C(=O)CCCC2=O)ccc1C=O. The number of hydrogen-bond donors (Lipinski definition) is 1. The number of nitrogens with zero attached hydrogens (tertiary/aromatic N) is 1. The van der Waals surface area contributed by atoms with Crippen molar-refractivity contribution in [1.82, 2.24) is 4.90 Å². The van der Waals surface area contributed by atoms with Gasteiger partial charge in [0, 0.05) is 37.2 Å². The van der Waals surface area contributed by atoms with E-state index in [1.54, 1.807) is 6.07 Å². The second kappa shape index (κ2) is 6.32. The van der Waals surface area contributed by atoms with Crippen molar-refractivity contribution in [2.24, 2.45) is 0 Å². The molecule has 1 fully saturated rings. The Morgan fingerprint density at radius 3 is 2.55 bits per heavy atom. The molecule has 0 atom stereocenters. The number of hydrogen-bond acceptors (Lipinski definition) is 4. The van der Waals surface area contributed by atoms with Gasteiger partial charge < -0.3 is 5.32 Å². The first-order valence-electron chi connectivity index (χ1n) is 6.74. The van der Waals surface area contributed by atoms with E-state index in [9.17, 15) is 14.4 Å². The van der Waals surface area contributed by atoms with Gasteiger partial charge in [0.05, 0.1) is 0 Å². The fourth-order valence-corrected chi connectivity index (χ4v) is 2.28. The molecule has 0 saturated carbocycles. The molecule has 0 aromatic heterocycles. The van der Waals surface area contributed by atoms with Crippen molar-refractivity contribution in [2.45, 2.75) is 26.2 Å².